The van der Waals surface area contributed by atoms with Gasteiger partial charge in [-0.05, 0) is 6.92 Å². The van der Waals surface area contributed by atoms with E-state index in [4.69, 9.17) is 0 Å². The maximum Gasteiger partial charge on any atom is 0.276 e. The summed E-state index contributed by atoms with van der Waals surface area (Å²) in [6.45, 7) is 5.93. The number of rotatable bonds is 2. The zero-order chi connectivity index (χ0) is 6.57. The van der Waals surface area contributed by atoms with Gasteiger partial charge in [0.1, 0.15) is 0 Å². The Morgan fingerprint density at radius 1 is 1.88 bits per heavy atom. The molecule has 3 heteroatoms. The van der Waals surface area contributed by atoms with Crippen LogP contribution in [0.5, 0.6) is 0 Å². The monoisotopic (exact) mass is 131 g/mol. The van der Waals surface area contributed by atoms with Gasteiger partial charge in [-0.1, -0.05) is 24.8 Å². The lowest BCUT2D eigenvalue weighted by Crippen LogP contribution is -2.17. The molecule has 0 aromatic heterocycles. The Bertz CT molecular complexity index is 97.0. The number of hydrogen-bond acceptors (Lipinski definition) is 1. The van der Waals surface area contributed by atoms with Crippen LogP contribution in [0, 0.1) is 0 Å². The van der Waals surface area contributed by atoms with Crippen LogP contribution in [-0.2, 0) is 0 Å². The average molecular weight is 131 g/mol. The molecular weight excluding hydrogens is 122 g/mol. The van der Waals surface area contributed by atoms with Gasteiger partial charge in [0.15, 0.2) is 0 Å². The molecule has 1 amide bonds. The van der Waals surface area contributed by atoms with Gasteiger partial charge < -0.3 is 5.32 Å². The van der Waals surface area contributed by atoms with Crippen molar-refractivity contribution in [2.45, 2.75) is 6.92 Å². The Morgan fingerprint density at radius 2 is 2.38 bits per heavy atom. The highest BCUT2D eigenvalue weighted by atomic mass is 32.1. The third-order valence-corrected chi connectivity index (χ3v) is 0.700. The third kappa shape index (κ3) is 5.56. The van der Waals surface area contributed by atoms with Gasteiger partial charge in [0, 0.05) is 6.54 Å². The Balaban J connectivity index is 3.18. The lowest BCUT2D eigenvalue weighted by molar-refractivity contribution is 0.261. The van der Waals surface area contributed by atoms with Crippen LogP contribution >= 0.6 is 12.6 Å². The largest absolute Gasteiger partial charge is 0.343 e. The summed E-state index contributed by atoms with van der Waals surface area (Å²) in [6.07, 6.45) is 0. The smallest absolute Gasteiger partial charge is 0.276 e. The van der Waals surface area contributed by atoms with Crippen molar-refractivity contribution in [1.82, 2.24) is 5.32 Å². The van der Waals surface area contributed by atoms with E-state index in [1.807, 2.05) is 6.92 Å². The fourth-order valence-electron chi connectivity index (χ4n) is 0.227. The molecule has 0 saturated carbocycles. The predicted molar refractivity (Wildman–Crippen MR) is 37.2 cm³/mol. The van der Waals surface area contributed by atoms with Gasteiger partial charge in [0.2, 0.25) is 0 Å². The SMILES string of the molecule is C=C(C)CNC(=O)S. The zero-order valence-electron chi connectivity index (χ0n) is 4.77. The first-order chi connectivity index (χ1) is 3.63. The molecule has 0 radical (unpaired) electrons. The van der Waals surface area contributed by atoms with Crippen LogP contribution in [0.4, 0.5) is 4.79 Å². The van der Waals surface area contributed by atoms with Crippen molar-refractivity contribution >= 4 is 17.9 Å². The fourth-order valence-corrected chi connectivity index (χ4v) is 0.306. The van der Waals surface area contributed by atoms with Gasteiger partial charge in [-0.3, -0.25) is 4.79 Å². The molecule has 0 aromatic carbocycles. The summed E-state index contributed by atoms with van der Waals surface area (Å²) in [4.78, 5) is 10.1. The van der Waals surface area contributed by atoms with E-state index in [-0.39, 0.29) is 5.24 Å². The van der Waals surface area contributed by atoms with Crippen LogP contribution < -0.4 is 5.32 Å². The molecule has 0 heterocycles. The Hall–Kier alpha value is -0.440. The molecule has 2 nitrogen and oxygen atoms in total. The average Bonchev–Trinajstić information content (AvgIpc) is 1.61. The fraction of sp³-hybridized carbons (Fsp3) is 0.400. The van der Waals surface area contributed by atoms with E-state index in [0.717, 1.165) is 5.57 Å². The summed E-state index contributed by atoms with van der Waals surface area (Å²) in [6, 6.07) is 0. The molecule has 0 rings (SSSR count). The quantitative estimate of drug-likeness (QED) is 0.428. The Kier molecular flexibility index (Phi) is 3.35. The molecule has 0 aliphatic heterocycles. The van der Waals surface area contributed by atoms with E-state index in [1.165, 1.54) is 0 Å². The molecule has 0 aliphatic carbocycles. The van der Waals surface area contributed by atoms with E-state index in [1.54, 1.807) is 0 Å². The molecule has 8 heavy (non-hydrogen) atoms. The molecular formula is C5H9NOS. The molecule has 0 aliphatic rings. The van der Waals surface area contributed by atoms with Crippen molar-refractivity contribution in [3.05, 3.63) is 12.2 Å². The zero-order valence-corrected chi connectivity index (χ0v) is 5.66. The highest BCUT2D eigenvalue weighted by Gasteiger charge is 1.87. The van der Waals surface area contributed by atoms with Crippen LogP contribution in [0.2, 0.25) is 0 Å². The Labute approximate surface area is 54.4 Å². The highest BCUT2D eigenvalue weighted by Crippen LogP contribution is 1.82. The molecule has 46 valence electrons. The van der Waals surface area contributed by atoms with Crippen molar-refractivity contribution in [2.75, 3.05) is 6.54 Å². The van der Waals surface area contributed by atoms with Crippen LogP contribution in [0.3, 0.4) is 0 Å². The van der Waals surface area contributed by atoms with Crippen LogP contribution in [0.1, 0.15) is 6.92 Å². The van der Waals surface area contributed by atoms with Crippen molar-refractivity contribution in [3.8, 4) is 0 Å². The second-order valence-corrected chi connectivity index (χ2v) is 2.02. The maximum atomic E-state index is 10.1. The molecule has 0 spiro atoms. The minimum atomic E-state index is -0.312. The standard InChI is InChI=1S/C5H9NOS/c1-4(2)3-6-5(7)8/h1,3H2,2H3,(H2,6,7,8). The van der Waals surface area contributed by atoms with Crippen LogP contribution in [-0.4, -0.2) is 11.8 Å². The predicted octanol–water partition coefficient (Wildman–Crippen LogP) is 1.20. The van der Waals surface area contributed by atoms with E-state index in [2.05, 4.69) is 24.5 Å². The van der Waals surface area contributed by atoms with Crippen LogP contribution in [0.25, 0.3) is 0 Å². The van der Waals surface area contributed by atoms with Crippen molar-refractivity contribution in [1.29, 1.82) is 0 Å². The summed E-state index contributed by atoms with van der Waals surface area (Å²) in [5.74, 6) is 0. The van der Waals surface area contributed by atoms with Crippen LogP contribution in [0.15, 0.2) is 12.2 Å². The molecule has 0 bridgehead atoms. The highest BCUT2D eigenvalue weighted by molar-refractivity contribution is 7.96. The first-order valence-corrected chi connectivity index (χ1v) is 2.69. The second-order valence-electron chi connectivity index (χ2n) is 1.62. The topological polar surface area (TPSA) is 29.1 Å². The summed E-state index contributed by atoms with van der Waals surface area (Å²) >= 11 is 3.48. The van der Waals surface area contributed by atoms with Gasteiger partial charge in [-0.15, -0.1) is 0 Å². The van der Waals surface area contributed by atoms with Gasteiger partial charge in [0.05, 0.1) is 0 Å². The molecule has 0 fully saturated rings. The van der Waals surface area contributed by atoms with Gasteiger partial charge in [0.25, 0.3) is 5.24 Å². The molecule has 0 unspecified atom stereocenters. The first-order valence-electron chi connectivity index (χ1n) is 2.24. The van der Waals surface area contributed by atoms with Crippen molar-refractivity contribution in [2.24, 2.45) is 0 Å². The van der Waals surface area contributed by atoms with E-state index in [9.17, 15) is 4.79 Å². The van der Waals surface area contributed by atoms with E-state index in [0.29, 0.717) is 6.54 Å². The number of carbonyl (C=O) groups excluding carboxylic acids is 1. The first kappa shape index (κ1) is 7.56. The van der Waals surface area contributed by atoms with Crippen molar-refractivity contribution in [3.63, 3.8) is 0 Å². The number of carbonyl (C=O) groups is 1. The molecule has 1 N–H and O–H groups in total. The van der Waals surface area contributed by atoms with E-state index >= 15 is 0 Å². The normalized spacial score (nSPS) is 8.25. The minimum Gasteiger partial charge on any atom is -0.343 e. The lowest BCUT2D eigenvalue weighted by atomic mass is 10.4. The second kappa shape index (κ2) is 3.55. The Morgan fingerprint density at radius 3 is 2.50 bits per heavy atom. The summed E-state index contributed by atoms with van der Waals surface area (Å²) in [5.41, 5.74) is 0.924. The molecule has 0 saturated heterocycles. The minimum absolute atomic E-state index is 0.312. The maximum absolute atomic E-state index is 10.1. The number of thiol groups is 1. The number of amides is 1. The summed E-state index contributed by atoms with van der Waals surface area (Å²) in [7, 11) is 0. The van der Waals surface area contributed by atoms with Gasteiger partial charge >= 0.3 is 0 Å². The molecule has 0 aromatic rings. The van der Waals surface area contributed by atoms with E-state index < -0.39 is 0 Å². The number of nitrogens with one attached hydrogen (secondary N) is 1. The third-order valence-electron chi connectivity index (χ3n) is 0.541. The number of hydrogen-bond donors (Lipinski definition) is 2. The molecule has 0 atom stereocenters. The summed E-state index contributed by atoms with van der Waals surface area (Å²) < 4.78 is 0. The lowest BCUT2D eigenvalue weighted by Gasteiger charge is -1.96. The van der Waals surface area contributed by atoms with Gasteiger partial charge in [-0.25, -0.2) is 0 Å². The summed E-state index contributed by atoms with van der Waals surface area (Å²) in [5, 5.41) is 2.16. The van der Waals surface area contributed by atoms with Gasteiger partial charge in [-0.2, -0.15) is 0 Å². The van der Waals surface area contributed by atoms with Crippen molar-refractivity contribution < 1.29 is 4.79 Å².